The molecule has 0 bridgehead atoms. The molecule has 0 aliphatic carbocycles. The van der Waals surface area contributed by atoms with Crippen LogP contribution in [0.3, 0.4) is 0 Å². The monoisotopic (exact) mass is 377 g/mol. The van der Waals surface area contributed by atoms with E-state index >= 15 is 0 Å². The molecule has 6 heteroatoms. The molecule has 0 aromatic heterocycles. The van der Waals surface area contributed by atoms with E-state index in [2.05, 4.69) is 15.9 Å². The number of ether oxygens (including phenoxy) is 2. The first kappa shape index (κ1) is 17.0. The van der Waals surface area contributed by atoms with Gasteiger partial charge in [-0.25, -0.2) is 9.59 Å². The van der Waals surface area contributed by atoms with Gasteiger partial charge in [0.1, 0.15) is 5.70 Å². The van der Waals surface area contributed by atoms with Crippen LogP contribution < -0.4 is 4.90 Å². The highest BCUT2D eigenvalue weighted by Crippen LogP contribution is 2.31. The Labute approximate surface area is 143 Å². The zero-order chi connectivity index (χ0) is 17.0. The van der Waals surface area contributed by atoms with Crippen LogP contribution in [0.5, 0.6) is 0 Å². The number of carbonyl (C=O) groups is 2. The van der Waals surface area contributed by atoms with Gasteiger partial charge in [-0.2, -0.15) is 0 Å². The maximum Gasteiger partial charge on any atom is 0.355 e. The third kappa shape index (κ3) is 3.53. The van der Waals surface area contributed by atoms with Gasteiger partial charge in [0.25, 0.3) is 0 Å². The summed E-state index contributed by atoms with van der Waals surface area (Å²) in [5.41, 5.74) is 1.92. The summed E-state index contributed by atoms with van der Waals surface area (Å²) < 4.78 is 10.5. The minimum absolute atomic E-state index is 0.102. The van der Waals surface area contributed by atoms with E-state index in [0.717, 1.165) is 15.7 Å². The van der Waals surface area contributed by atoms with Crippen molar-refractivity contribution >= 4 is 33.6 Å². The molecule has 1 aromatic carbocycles. The summed E-state index contributed by atoms with van der Waals surface area (Å²) in [7, 11) is 2.54. The number of allylic oxidation sites excluding steroid dienone is 2. The smallest absolute Gasteiger partial charge is 0.355 e. The van der Waals surface area contributed by atoms with Gasteiger partial charge in [-0.3, -0.25) is 0 Å². The second-order valence-corrected chi connectivity index (χ2v) is 5.66. The number of hydrogen-bond donors (Lipinski definition) is 0. The highest BCUT2D eigenvalue weighted by Gasteiger charge is 2.28. The number of carbonyl (C=O) groups excluding carboxylic acids is 2. The summed E-state index contributed by atoms with van der Waals surface area (Å²) in [5, 5.41) is 0. The molecule has 2 rings (SSSR count). The minimum atomic E-state index is -0.624. The minimum Gasteiger partial charge on any atom is -0.465 e. The summed E-state index contributed by atoms with van der Waals surface area (Å²) in [5.74, 6) is -1.23. The maximum absolute atomic E-state index is 12.3. The van der Waals surface area contributed by atoms with Gasteiger partial charge in [0.05, 0.1) is 19.8 Å². The summed E-state index contributed by atoms with van der Waals surface area (Å²) in [6, 6.07) is 5.68. The average Bonchev–Trinajstić information content (AvgIpc) is 2.78. The lowest BCUT2D eigenvalue weighted by Crippen LogP contribution is -2.27. The summed E-state index contributed by atoms with van der Waals surface area (Å²) in [6.07, 6.45) is 6.64. The van der Waals surface area contributed by atoms with Crippen LogP contribution in [0.25, 0.3) is 0 Å². The first-order chi connectivity index (χ1) is 11.0. The molecule has 120 valence electrons. The molecule has 5 nitrogen and oxygen atoms in total. The Morgan fingerprint density at radius 2 is 1.78 bits per heavy atom. The second-order valence-electron chi connectivity index (χ2n) is 4.75. The number of nitrogens with zero attached hydrogens (tertiary/aromatic N) is 1. The van der Waals surface area contributed by atoms with Crippen molar-refractivity contribution in [1.82, 2.24) is 0 Å². The lowest BCUT2D eigenvalue weighted by atomic mass is 10.1. The van der Waals surface area contributed by atoms with Gasteiger partial charge in [0, 0.05) is 16.4 Å². The number of methoxy groups -OCH3 is 2. The van der Waals surface area contributed by atoms with Crippen molar-refractivity contribution in [2.24, 2.45) is 0 Å². The van der Waals surface area contributed by atoms with Crippen molar-refractivity contribution in [1.29, 1.82) is 0 Å². The van der Waals surface area contributed by atoms with Crippen LogP contribution in [-0.4, -0.2) is 26.2 Å². The molecule has 0 spiro atoms. The van der Waals surface area contributed by atoms with Crippen LogP contribution in [0.4, 0.5) is 5.69 Å². The molecule has 1 aliphatic heterocycles. The molecule has 0 N–H and O–H groups in total. The molecular weight excluding hydrogens is 362 g/mol. The van der Waals surface area contributed by atoms with E-state index < -0.39 is 11.9 Å². The third-order valence-electron chi connectivity index (χ3n) is 3.32. The standard InChI is InChI=1S/C17H16BrNO4/c1-11-7-8-12(18)10-14(11)19-9-5-4-6-13(16(20)22-2)15(19)17(21)23-3/h4-10H,1-3H3. The zero-order valence-electron chi connectivity index (χ0n) is 13.0. The Kier molecular flexibility index (Phi) is 5.39. The Morgan fingerprint density at radius 3 is 2.43 bits per heavy atom. The Balaban J connectivity index is 2.71. The Morgan fingerprint density at radius 1 is 1.09 bits per heavy atom. The van der Waals surface area contributed by atoms with Crippen LogP contribution >= 0.6 is 15.9 Å². The molecule has 1 aliphatic rings. The number of halogens is 1. The fourth-order valence-electron chi connectivity index (χ4n) is 2.19. The van der Waals surface area contributed by atoms with Crippen molar-refractivity contribution in [3.63, 3.8) is 0 Å². The van der Waals surface area contributed by atoms with Crippen molar-refractivity contribution in [2.45, 2.75) is 6.92 Å². The molecule has 1 aromatic rings. The fourth-order valence-corrected chi connectivity index (χ4v) is 2.54. The van der Waals surface area contributed by atoms with E-state index in [1.54, 1.807) is 23.3 Å². The number of aryl methyl sites for hydroxylation is 1. The highest BCUT2D eigenvalue weighted by molar-refractivity contribution is 9.10. The topological polar surface area (TPSA) is 55.8 Å². The average molecular weight is 378 g/mol. The van der Waals surface area contributed by atoms with Crippen molar-refractivity contribution in [2.75, 3.05) is 19.1 Å². The van der Waals surface area contributed by atoms with Gasteiger partial charge < -0.3 is 14.4 Å². The lowest BCUT2D eigenvalue weighted by molar-refractivity contribution is -0.139. The third-order valence-corrected chi connectivity index (χ3v) is 3.81. The van der Waals surface area contributed by atoms with E-state index in [9.17, 15) is 9.59 Å². The van der Waals surface area contributed by atoms with Gasteiger partial charge in [-0.15, -0.1) is 0 Å². The predicted molar refractivity (Wildman–Crippen MR) is 90.7 cm³/mol. The van der Waals surface area contributed by atoms with Crippen molar-refractivity contribution in [3.05, 3.63) is 63.9 Å². The molecule has 23 heavy (non-hydrogen) atoms. The van der Waals surface area contributed by atoms with E-state index in [4.69, 9.17) is 9.47 Å². The predicted octanol–water partition coefficient (Wildman–Crippen LogP) is 3.25. The molecule has 0 amide bonds. The number of benzene rings is 1. The number of hydrogen-bond acceptors (Lipinski definition) is 5. The SMILES string of the molecule is COC(=O)C1=C(C(=O)OC)N(c2cc(Br)ccc2C)C=CC=C1. The van der Waals surface area contributed by atoms with Crippen LogP contribution in [0.15, 0.2) is 58.4 Å². The second kappa shape index (κ2) is 7.28. The van der Waals surface area contributed by atoms with Crippen LogP contribution in [0, 0.1) is 6.92 Å². The molecular formula is C17H16BrNO4. The zero-order valence-corrected chi connectivity index (χ0v) is 14.6. The van der Waals surface area contributed by atoms with Crippen molar-refractivity contribution < 1.29 is 19.1 Å². The van der Waals surface area contributed by atoms with E-state index in [-0.39, 0.29) is 11.3 Å². The van der Waals surface area contributed by atoms with Gasteiger partial charge in [0.15, 0.2) is 0 Å². The highest BCUT2D eigenvalue weighted by atomic mass is 79.9. The normalized spacial score (nSPS) is 13.8. The molecule has 0 saturated carbocycles. The summed E-state index contributed by atoms with van der Waals surface area (Å²) in [6.45, 7) is 1.92. The Bertz CT molecular complexity index is 734. The number of esters is 2. The molecule has 1 heterocycles. The Hall–Kier alpha value is -2.34. The van der Waals surface area contributed by atoms with Gasteiger partial charge in [-0.1, -0.05) is 28.1 Å². The van der Waals surface area contributed by atoms with Gasteiger partial charge >= 0.3 is 11.9 Å². The van der Waals surface area contributed by atoms with Crippen LogP contribution in [0.1, 0.15) is 5.56 Å². The molecule has 0 atom stereocenters. The molecule has 0 unspecified atom stereocenters. The largest absolute Gasteiger partial charge is 0.465 e. The lowest BCUT2D eigenvalue weighted by Gasteiger charge is -2.24. The first-order valence-corrected chi connectivity index (χ1v) is 7.60. The molecule has 0 saturated heterocycles. The molecule has 0 radical (unpaired) electrons. The van der Waals surface area contributed by atoms with E-state index in [1.165, 1.54) is 20.3 Å². The fraction of sp³-hybridized carbons (Fsp3) is 0.176. The molecule has 0 fully saturated rings. The van der Waals surface area contributed by atoms with Gasteiger partial charge in [-0.05, 0) is 36.8 Å². The van der Waals surface area contributed by atoms with E-state index in [1.807, 2.05) is 25.1 Å². The van der Waals surface area contributed by atoms with Gasteiger partial charge in [0.2, 0.25) is 0 Å². The van der Waals surface area contributed by atoms with Crippen molar-refractivity contribution in [3.8, 4) is 0 Å². The first-order valence-electron chi connectivity index (χ1n) is 6.80. The maximum atomic E-state index is 12.3. The summed E-state index contributed by atoms with van der Waals surface area (Å²) in [4.78, 5) is 26.0. The van der Waals surface area contributed by atoms with E-state index in [0.29, 0.717) is 0 Å². The van der Waals surface area contributed by atoms with Crippen LogP contribution in [0.2, 0.25) is 0 Å². The number of anilines is 1. The summed E-state index contributed by atoms with van der Waals surface area (Å²) >= 11 is 3.42. The number of rotatable bonds is 3. The van der Waals surface area contributed by atoms with Crippen LogP contribution in [-0.2, 0) is 19.1 Å². The quantitative estimate of drug-likeness (QED) is 0.756.